The van der Waals surface area contributed by atoms with Crippen molar-refractivity contribution >= 4 is 6.29 Å². The first kappa shape index (κ1) is 13.0. The minimum atomic E-state index is -0.594. The zero-order valence-electron chi connectivity index (χ0n) is 10.7. The Bertz CT molecular complexity index is 712. The lowest BCUT2D eigenvalue weighted by atomic mass is 10.3. The van der Waals surface area contributed by atoms with Crippen LogP contribution in [0.25, 0.3) is 5.69 Å². The summed E-state index contributed by atoms with van der Waals surface area (Å²) >= 11 is 0. The molecule has 0 saturated heterocycles. The second kappa shape index (κ2) is 5.06. The van der Waals surface area contributed by atoms with Crippen molar-refractivity contribution in [1.29, 1.82) is 0 Å². The molecule has 0 aliphatic rings. The van der Waals surface area contributed by atoms with Crippen LogP contribution in [0.1, 0.15) is 30.2 Å². The molecule has 0 amide bonds. The van der Waals surface area contributed by atoms with Gasteiger partial charge in [-0.15, -0.1) is 0 Å². The van der Waals surface area contributed by atoms with Gasteiger partial charge in [0.2, 0.25) is 0 Å². The van der Waals surface area contributed by atoms with Crippen LogP contribution in [-0.2, 0) is 0 Å². The van der Waals surface area contributed by atoms with Gasteiger partial charge in [-0.3, -0.25) is 14.2 Å². The molecule has 1 aromatic carbocycles. The fraction of sp³-hybridized carbons (Fsp3) is 0.214. The van der Waals surface area contributed by atoms with Crippen molar-refractivity contribution in [3.63, 3.8) is 0 Å². The molecular weight excluding hydrogens is 244 g/mol. The monoisotopic (exact) mass is 258 g/mol. The maximum absolute atomic E-state index is 12.3. The van der Waals surface area contributed by atoms with E-state index in [4.69, 9.17) is 0 Å². The zero-order chi connectivity index (χ0) is 14.0. The third kappa shape index (κ3) is 2.27. The van der Waals surface area contributed by atoms with Crippen molar-refractivity contribution in [3.8, 4) is 5.69 Å². The molecule has 0 unspecified atom stereocenters. The van der Waals surface area contributed by atoms with Gasteiger partial charge in [0.1, 0.15) is 0 Å². The number of hydrogen-bond donors (Lipinski definition) is 0. The molecule has 0 N–H and O–H groups in total. The highest BCUT2D eigenvalue weighted by atomic mass is 16.2. The average Bonchev–Trinajstić information content (AvgIpc) is 2.40. The Labute approximate surface area is 109 Å². The van der Waals surface area contributed by atoms with Crippen LogP contribution in [0.15, 0.2) is 46.1 Å². The van der Waals surface area contributed by atoms with Crippen LogP contribution < -0.4 is 11.2 Å². The van der Waals surface area contributed by atoms with Gasteiger partial charge in [-0.05, 0) is 26.0 Å². The van der Waals surface area contributed by atoms with Gasteiger partial charge in [-0.25, -0.2) is 9.36 Å². The lowest BCUT2D eigenvalue weighted by Gasteiger charge is -2.13. The first-order chi connectivity index (χ1) is 9.06. The number of hydrogen-bond acceptors (Lipinski definition) is 3. The predicted molar refractivity (Wildman–Crippen MR) is 72.1 cm³/mol. The van der Waals surface area contributed by atoms with E-state index < -0.39 is 11.2 Å². The summed E-state index contributed by atoms with van der Waals surface area (Å²) in [5.41, 5.74) is -0.618. The van der Waals surface area contributed by atoms with E-state index in [2.05, 4.69) is 0 Å². The van der Waals surface area contributed by atoms with Crippen LogP contribution >= 0.6 is 0 Å². The average molecular weight is 258 g/mol. The van der Waals surface area contributed by atoms with Crippen molar-refractivity contribution in [1.82, 2.24) is 9.13 Å². The number of carbonyl (C=O) groups is 1. The number of nitrogens with zero attached hydrogens (tertiary/aromatic N) is 2. The highest BCUT2D eigenvalue weighted by molar-refractivity contribution is 5.73. The molecule has 0 bridgehead atoms. The fourth-order valence-corrected chi connectivity index (χ4v) is 1.85. The summed E-state index contributed by atoms with van der Waals surface area (Å²) in [5.74, 6) is 0. The maximum Gasteiger partial charge on any atom is 0.335 e. The van der Waals surface area contributed by atoms with Crippen molar-refractivity contribution in [2.75, 3.05) is 0 Å². The molecule has 1 aromatic heterocycles. The van der Waals surface area contributed by atoms with Gasteiger partial charge in [0.15, 0.2) is 6.29 Å². The quantitative estimate of drug-likeness (QED) is 0.782. The van der Waals surface area contributed by atoms with E-state index in [0.29, 0.717) is 12.0 Å². The van der Waals surface area contributed by atoms with Crippen LogP contribution in [0, 0.1) is 0 Å². The number of para-hydroxylation sites is 1. The van der Waals surface area contributed by atoms with E-state index >= 15 is 0 Å². The molecule has 0 aliphatic heterocycles. The van der Waals surface area contributed by atoms with Gasteiger partial charge < -0.3 is 0 Å². The Morgan fingerprint density at radius 2 is 1.74 bits per heavy atom. The van der Waals surface area contributed by atoms with Gasteiger partial charge in [0.05, 0.1) is 11.3 Å². The van der Waals surface area contributed by atoms with Crippen LogP contribution in [-0.4, -0.2) is 15.4 Å². The van der Waals surface area contributed by atoms with E-state index in [9.17, 15) is 14.4 Å². The molecule has 2 aromatic rings. The minimum Gasteiger partial charge on any atom is -0.298 e. The highest BCUT2D eigenvalue weighted by Gasteiger charge is 2.13. The molecule has 5 nitrogen and oxygen atoms in total. The SMILES string of the molecule is CC(C)n1cc(C=O)c(=O)n(-c2ccccc2)c1=O. The topological polar surface area (TPSA) is 61.1 Å². The summed E-state index contributed by atoms with van der Waals surface area (Å²) in [7, 11) is 0. The van der Waals surface area contributed by atoms with E-state index in [1.807, 2.05) is 13.8 Å². The lowest BCUT2D eigenvalue weighted by Crippen LogP contribution is -2.40. The minimum absolute atomic E-state index is 0.0304. The molecule has 98 valence electrons. The molecule has 0 radical (unpaired) electrons. The molecule has 0 fully saturated rings. The van der Waals surface area contributed by atoms with Gasteiger partial charge in [0, 0.05) is 12.2 Å². The Kier molecular flexibility index (Phi) is 3.46. The van der Waals surface area contributed by atoms with Crippen LogP contribution in [0.2, 0.25) is 0 Å². The van der Waals surface area contributed by atoms with Crippen molar-refractivity contribution in [3.05, 3.63) is 62.9 Å². The number of carbonyl (C=O) groups excluding carboxylic acids is 1. The lowest BCUT2D eigenvalue weighted by molar-refractivity contribution is 0.112. The zero-order valence-corrected chi connectivity index (χ0v) is 10.7. The van der Waals surface area contributed by atoms with Gasteiger partial charge in [-0.1, -0.05) is 18.2 Å². The van der Waals surface area contributed by atoms with E-state index in [0.717, 1.165) is 4.57 Å². The molecule has 1 heterocycles. The summed E-state index contributed by atoms with van der Waals surface area (Å²) in [6.07, 6.45) is 1.78. The van der Waals surface area contributed by atoms with Crippen LogP contribution in [0.5, 0.6) is 0 Å². The third-order valence-electron chi connectivity index (χ3n) is 2.84. The Morgan fingerprint density at radius 1 is 1.11 bits per heavy atom. The van der Waals surface area contributed by atoms with Gasteiger partial charge in [-0.2, -0.15) is 0 Å². The molecular formula is C14H14N2O3. The van der Waals surface area contributed by atoms with Crippen molar-refractivity contribution < 1.29 is 4.79 Å². The van der Waals surface area contributed by atoms with E-state index in [1.54, 1.807) is 30.3 Å². The third-order valence-corrected chi connectivity index (χ3v) is 2.84. The second-order valence-electron chi connectivity index (χ2n) is 4.46. The molecule has 0 spiro atoms. The molecule has 0 saturated carbocycles. The van der Waals surface area contributed by atoms with Crippen molar-refractivity contribution in [2.45, 2.75) is 19.9 Å². The maximum atomic E-state index is 12.3. The Hall–Kier alpha value is -2.43. The van der Waals surface area contributed by atoms with Gasteiger partial charge >= 0.3 is 5.69 Å². The first-order valence-electron chi connectivity index (χ1n) is 5.95. The van der Waals surface area contributed by atoms with Gasteiger partial charge in [0.25, 0.3) is 5.56 Å². The molecule has 5 heteroatoms. The smallest absolute Gasteiger partial charge is 0.298 e. The number of aromatic nitrogens is 2. The summed E-state index contributed by atoms with van der Waals surface area (Å²) in [6, 6.07) is 8.42. The number of aldehydes is 1. The normalized spacial score (nSPS) is 10.7. The number of rotatable bonds is 3. The summed E-state index contributed by atoms with van der Waals surface area (Å²) in [4.78, 5) is 35.4. The predicted octanol–water partition coefficient (Wildman–Crippen LogP) is 1.39. The summed E-state index contributed by atoms with van der Waals surface area (Å²) in [5, 5.41) is 0. The standard InChI is InChI=1S/C14H14N2O3/c1-10(2)15-8-11(9-17)13(18)16(14(15)19)12-6-4-3-5-7-12/h3-10H,1-2H3. The first-order valence-corrected chi connectivity index (χ1v) is 5.95. The fourth-order valence-electron chi connectivity index (χ4n) is 1.85. The summed E-state index contributed by atoms with van der Waals surface area (Å²) < 4.78 is 2.39. The Balaban J connectivity index is 2.87. The largest absolute Gasteiger partial charge is 0.335 e. The molecule has 2 rings (SSSR count). The Morgan fingerprint density at radius 3 is 2.26 bits per heavy atom. The van der Waals surface area contributed by atoms with Crippen LogP contribution in [0.4, 0.5) is 0 Å². The van der Waals surface area contributed by atoms with E-state index in [-0.39, 0.29) is 11.6 Å². The summed E-state index contributed by atoms with van der Waals surface area (Å²) in [6.45, 7) is 3.63. The van der Waals surface area contributed by atoms with E-state index in [1.165, 1.54) is 10.8 Å². The molecule has 19 heavy (non-hydrogen) atoms. The highest BCUT2D eigenvalue weighted by Crippen LogP contribution is 2.04. The molecule has 0 aliphatic carbocycles. The van der Waals surface area contributed by atoms with Crippen LogP contribution in [0.3, 0.4) is 0 Å². The second-order valence-corrected chi connectivity index (χ2v) is 4.46. The number of benzene rings is 1. The van der Waals surface area contributed by atoms with Crippen molar-refractivity contribution in [2.24, 2.45) is 0 Å². The molecule has 0 atom stereocenters.